The van der Waals surface area contributed by atoms with E-state index < -0.39 is 4.92 Å². The number of fused-ring (bicyclic) bond motifs is 1. The van der Waals surface area contributed by atoms with E-state index in [4.69, 9.17) is 9.47 Å². The molecule has 0 aliphatic carbocycles. The van der Waals surface area contributed by atoms with Crippen molar-refractivity contribution in [2.24, 2.45) is 0 Å². The minimum absolute atomic E-state index is 0.0716. The number of hydrogen-bond acceptors (Lipinski definition) is 8. The molecule has 0 spiro atoms. The summed E-state index contributed by atoms with van der Waals surface area (Å²) < 4.78 is 10.6. The van der Waals surface area contributed by atoms with E-state index in [1.807, 2.05) is 18.2 Å². The average molecular weight is 351 g/mol. The molecule has 2 heterocycles. The third-order valence-corrected chi connectivity index (χ3v) is 3.68. The van der Waals surface area contributed by atoms with Crippen LogP contribution in [0.15, 0.2) is 54.9 Å². The third-order valence-electron chi connectivity index (χ3n) is 3.68. The lowest BCUT2D eigenvalue weighted by molar-refractivity contribution is -0.383. The van der Waals surface area contributed by atoms with Crippen molar-refractivity contribution in [1.82, 2.24) is 9.97 Å². The molecule has 0 radical (unpaired) electrons. The highest BCUT2D eigenvalue weighted by Gasteiger charge is 2.24. The summed E-state index contributed by atoms with van der Waals surface area (Å²) >= 11 is 0. The molecule has 9 heteroatoms. The van der Waals surface area contributed by atoms with Crippen molar-refractivity contribution in [3.05, 3.63) is 65.0 Å². The van der Waals surface area contributed by atoms with Gasteiger partial charge in [0, 0.05) is 17.4 Å². The van der Waals surface area contributed by atoms with Gasteiger partial charge in [-0.05, 0) is 24.3 Å². The van der Waals surface area contributed by atoms with Crippen LogP contribution >= 0.6 is 0 Å². The number of hydrogen-bond donors (Lipinski definition) is 2. The smallest absolute Gasteiger partial charge is 0.353 e. The first-order valence-corrected chi connectivity index (χ1v) is 7.69. The molecule has 0 atom stereocenters. The molecule has 0 bridgehead atoms. The molecule has 0 saturated carbocycles. The maximum absolute atomic E-state index is 11.6. The van der Waals surface area contributed by atoms with E-state index in [0.717, 1.165) is 0 Å². The molecular weight excluding hydrogens is 338 g/mol. The summed E-state index contributed by atoms with van der Waals surface area (Å²) in [4.78, 5) is 19.1. The van der Waals surface area contributed by atoms with Gasteiger partial charge in [-0.1, -0.05) is 18.2 Å². The highest BCUT2D eigenvalue weighted by molar-refractivity contribution is 5.77. The zero-order chi connectivity index (χ0) is 17.9. The maximum atomic E-state index is 11.6. The molecule has 0 unspecified atom stereocenters. The Hall–Kier alpha value is -3.88. The summed E-state index contributed by atoms with van der Waals surface area (Å²) in [6.45, 7) is 0.150. The predicted octanol–water partition coefficient (Wildman–Crippen LogP) is 3.60. The number of para-hydroxylation sites is 1. The SMILES string of the molecule is O=[N+]([O-])c1c(Nc2ccccc2)ncnc1Nc1ccc2c(c1)OCO2. The number of nitrogens with one attached hydrogen (secondary N) is 2. The summed E-state index contributed by atoms with van der Waals surface area (Å²) in [6.07, 6.45) is 1.26. The normalized spacial score (nSPS) is 11.8. The molecule has 0 amide bonds. The second kappa shape index (κ2) is 6.55. The van der Waals surface area contributed by atoms with Crippen molar-refractivity contribution in [3.8, 4) is 11.5 Å². The molecule has 3 aromatic rings. The van der Waals surface area contributed by atoms with Crippen molar-refractivity contribution in [3.63, 3.8) is 0 Å². The standard InChI is InChI=1S/C17H13N5O4/c23-22(24)15-16(20-11-4-2-1-3-5-11)18-9-19-17(15)21-12-6-7-13-14(8-12)26-10-25-13/h1-9H,10H2,(H2,18,19,20,21). The molecule has 1 aliphatic rings. The van der Waals surface area contributed by atoms with E-state index >= 15 is 0 Å². The van der Waals surface area contributed by atoms with Gasteiger partial charge in [0.1, 0.15) is 6.33 Å². The van der Waals surface area contributed by atoms with Gasteiger partial charge >= 0.3 is 5.69 Å². The Morgan fingerprint density at radius 1 is 0.923 bits per heavy atom. The van der Waals surface area contributed by atoms with Crippen molar-refractivity contribution in [2.75, 3.05) is 17.4 Å². The molecule has 1 aromatic heterocycles. The summed E-state index contributed by atoms with van der Waals surface area (Å²) in [5.74, 6) is 1.36. The monoisotopic (exact) mass is 351 g/mol. The topological polar surface area (TPSA) is 111 Å². The Kier molecular flexibility index (Phi) is 3.94. The van der Waals surface area contributed by atoms with Crippen LogP contribution in [0.2, 0.25) is 0 Å². The van der Waals surface area contributed by atoms with Crippen molar-refractivity contribution < 1.29 is 14.4 Å². The first kappa shape index (κ1) is 15.6. The quantitative estimate of drug-likeness (QED) is 0.530. The number of nitro groups is 1. The van der Waals surface area contributed by atoms with Crippen molar-refractivity contribution in [1.29, 1.82) is 0 Å². The van der Waals surface area contributed by atoms with Crippen molar-refractivity contribution in [2.45, 2.75) is 0 Å². The second-order valence-electron chi connectivity index (χ2n) is 5.36. The Bertz CT molecular complexity index is 965. The lowest BCUT2D eigenvalue weighted by Gasteiger charge is -2.10. The van der Waals surface area contributed by atoms with Gasteiger partial charge in [-0.3, -0.25) is 10.1 Å². The molecule has 2 N–H and O–H groups in total. The zero-order valence-corrected chi connectivity index (χ0v) is 13.4. The van der Waals surface area contributed by atoms with Gasteiger partial charge in [0.15, 0.2) is 11.5 Å². The molecule has 0 saturated heterocycles. The highest BCUT2D eigenvalue weighted by Crippen LogP contribution is 2.37. The fraction of sp³-hybridized carbons (Fsp3) is 0.0588. The molecule has 26 heavy (non-hydrogen) atoms. The highest BCUT2D eigenvalue weighted by atomic mass is 16.7. The molecule has 4 rings (SSSR count). The van der Waals surface area contributed by atoms with Gasteiger partial charge in [-0.25, -0.2) is 9.97 Å². The van der Waals surface area contributed by atoms with E-state index in [0.29, 0.717) is 22.9 Å². The number of benzene rings is 2. The Balaban J connectivity index is 1.67. The van der Waals surface area contributed by atoms with Crippen LogP contribution in [-0.4, -0.2) is 21.7 Å². The summed E-state index contributed by atoms with van der Waals surface area (Å²) in [6, 6.07) is 14.2. The van der Waals surface area contributed by atoms with E-state index in [1.165, 1.54) is 6.33 Å². The van der Waals surface area contributed by atoms with Gasteiger partial charge in [-0.15, -0.1) is 0 Å². The molecule has 130 valence electrons. The third kappa shape index (κ3) is 3.05. The molecular formula is C17H13N5O4. The fourth-order valence-electron chi connectivity index (χ4n) is 2.50. The van der Waals surface area contributed by atoms with Crippen LogP contribution in [0.25, 0.3) is 0 Å². The van der Waals surface area contributed by atoms with Crippen LogP contribution in [0.3, 0.4) is 0 Å². The van der Waals surface area contributed by atoms with Gasteiger partial charge in [0.05, 0.1) is 4.92 Å². The lowest BCUT2D eigenvalue weighted by atomic mass is 10.2. The molecule has 2 aromatic carbocycles. The number of nitrogens with zero attached hydrogens (tertiary/aromatic N) is 3. The van der Waals surface area contributed by atoms with Crippen LogP contribution < -0.4 is 20.1 Å². The Morgan fingerprint density at radius 3 is 2.35 bits per heavy atom. The number of rotatable bonds is 5. The zero-order valence-electron chi connectivity index (χ0n) is 13.4. The fourth-order valence-corrected chi connectivity index (χ4v) is 2.50. The first-order valence-electron chi connectivity index (χ1n) is 7.69. The first-order chi connectivity index (χ1) is 12.7. The molecule has 9 nitrogen and oxygen atoms in total. The Labute approximate surface area is 147 Å². The minimum Gasteiger partial charge on any atom is -0.454 e. The number of ether oxygens (including phenoxy) is 2. The minimum atomic E-state index is -0.527. The van der Waals surface area contributed by atoms with E-state index in [1.54, 1.807) is 30.3 Å². The number of aromatic nitrogens is 2. The predicted molar refractivity (Wildman–Crippen MR) is 94.3 cm³/mol. The van der Waals surface area contributed by atoms with E-state index in [-0.39, 0.29) is 24.1 Å². The summed E-state index contributed by atoms with van der Waals surface area (Å²) in [7, 11) is 0. The van der Waals surface area contributed by atoms with Crippen LogP contribution in [0, 0.1) is 10.1 Å². The lowest BCUT2D eigenvalue weighted by Crippen LogP contribution is -2.05. The van der Waals surface area contributed by atoms with Crippen LogP contribution in [0.5, 0.6) is 11.5 Å². The molecule has 0 fully saturated rings. The largest absolute Gasteiger partial charge is 0.454 e. The van der Waals surface area contributed by atoms with Gasteiger partial charge in [0.25, 0.3) is 0 Å². The average Bonchev–Trinajstić information content (AvgIpc) is 3.10. The van der Waals surface area contributed by atoms with Crippen LogP contribution in [-0.2, 0) is 0 Å². The summed E-state index contributed by atoms with van der Waals surface area (Å²) in [5.41, 5.74) is 1.01. The van der Waals surface area contributed by atoms with Gasteiger partial charge < -0.3 is 20.1 Å². The van der Waals surface area contributed by atoms with Crippen molar-refractivity contribution >= 4 is 28.7 Å². The van der Waals surface area contributed by atoms with Crippen LogP contribution in [0.1, 0.15) is 0 Å². The van der Waals surface area contributed by atoms with E-state index in [9.17, 15) is 10.1 Å². The summed E-state index contributed by atoms with van der Waals surface area (Å²) in [5, 5.41) is 17.5. The Morgan fingerprint density at radius 2 is 1.62 bits per heavy atom. The van der Waals surface area contributed by atoms with Crippen LogP contribution in [0.4, 0.5) is 28.7 Å². The van der Waals surface area contributed by atoms with Gasteiger partial charge in [0.2, 0.25) is 18.4 Å². The number of anilines is 4. The molecule has 1 aliphatic heterocycles. The second-order valence-corrected chi connectivity index (χ2v) is 5.36. The maximum Gasteiger partial charge on any atom is 0.353 e. The van der Waals surface area contributed by atoms with Gasteiger partial charge in [-0.2, -0.15) is 0 Å². The van der Waals surface area contributed by atoms with E-state index in [2.05, 4.69) is 20.6 Å².